The predicted molar refractivity (Wildman–Crippen MR) is 435 cm³/mol. The summed E-state index contributed by atoms with van der Waals surface area (Å²) in [5, 5.41) is 38.7. The van der Waals surface area contributed by atoms with E-state index in [4.69, 9.17) is 51.9 Å². The first-order valence-electron chi connectivity index (χ1n) is 38.1. The average molecular weight is 1600 g/mol. The van der Waals surface area contributed by atoms with E-state index in [2.05, 4.69) is 56.5 Å². The van der Waals surface area contributed by atoms with E-state index in [1.807, 2.05) is 58.9 Å². The number of allylic oxidation sites excluding steroid dienone is 4. The van der Waals surface area contributed by atoms with Crippen molar-refractivity contribution in [2.75, 3.05) is 81.0 Å². The molecule has 8 amide bonds. The van der Waals surface area contributed by atoms with Gasteiger partial charge in [0.25, 0.3) is 23.6 Å². The number of anilines is 4. The van der Waals surface area contributed by atoms with Crippen LogP contribution in [0.15, 0.2) is 103 Å². The number of nitrogens with two attached hydrogens (primary N) is 4. The lowest BCUT2D eigenvalue weighted by atomic mass is 10.1. The number of fused-ring (bicyclic) bond motifs is 4. The molecule has 9 heterocycles. The molecular formula is C79H93N25O13. The summed E-state index contributed by atoms with van der Waals surface area (Å²) in [5.74, 6) is -2.58. The van der Waals surface area contributed by atoms with Gasteiger partial charge in [-0.2, -0.15) is 20.4 Å². The quantitative estimate of drug-likeness (QED) is 0.0150. The Labute approximate surface area is 669 Å². The molecule has 12 aromatic rings. The number of aliphatic hydroxyl groups is 1. The van der Waals surface area contributed by atoms with Gasteiger partial charge in [-0.3, -0.25) is 83.3 Å². The molecule has 1 aliphatic rings. The molecule has 8 aromatic heterocycles. The van der Waals surface area contributed by atoms with E-state index in [-0.39, 0.29) is 91.2 Å². The number of aryl methyl sites for hydroxylation is 8. The second-order valence-electron chi connectivity index (χ2n) is 27.4. The van der Waals surface area contributed by atoms with Crippen LogP contribution in [0.2, 0.25) is 0 Å². The minimum absolute atomic E-state index is 0.108. The highest BCUT2D eigenvalue weighted by Gasteiger charge is 2.28. The number of primary amides is 4. The molecule has 1 saturated heterocycles. The van der Waals surface area contributed by atoms with E-state index >= 15 is 0 Å². The molecule has 38 nitrogen and oxygen atoms in total. The number of methoxy groups -OCH3 is 1. The Morgan fingerprint density at radius 1 is 0.436 bits per heavy atom. The summed E-state index contributed by atoms with van der Waals surface area (Å²) >= 11 is 0. The fourth-order valence-corrected chi connectivity index (χ4v) is 13.7. The van der Waals surface area contributed by atoms with Gasteiger partial charge in [-0.15, -0.1) is 0 Å². The molecule has 1 fully saturated rings. The van der Waals surface area contributed by atoms with Crippen LogP contribution in [0.25, 0.3) is 44.1 Å². The Morgan fingerprint density at radius 3 is 1.11 bits per heavy atom. The van der Waals surface area contributed by atoms with Gasteiger partial charge in [-0.25, -0.2) is 19.9 Å². The molecule has 1 aliphatic heterocycles. The van der Waals surface area contributed by atoms with Crippen LogP contribution in [0, 0.1) is 27.7 Å². The Hall–Kier alpha value is -13.9. The van der Waals surface area contributed by atoms with Gasteiger partial charge >= 0.3 is 0 Å². The summed E-state index contributed by atoms with van der Waals surface area (Å²) in [6.07, 6.45) is 8.44. The van der Waals surface area contributed by atoms with Crippen molar-refractivity contribution in [3.8, 4) is 17.2 Å². The standard InChI is InChI=1S/C42H51N13O7.C37H42N12O6/c1-6-54-31(19-25(3)49-54)39(58)47-41-45-29-21-27(37(43)56)23-33(60-5)35(29)52(41)12-8-9-13-53-36-30(46-42(53)48-40(59)32-20-26(4)50-55(32)7-2)22-28(38(44)57)24-34(36)62-16-10-11-51-14-17-61-18-15-51;1-5-48-28(16-21(3)44-48)34(53)42-36-40-25-18-23(32(38)51)10-11-27(25)46(36)12-7-8-13-47-31-26(19-24(33(39)52)20-30(31)55-15-9-14-50)41-37(47)43-35(54)29-17-22(4)45-49(29)6-2/h8-9,19-24H,6-7,10-18H2,1-5H3,(H2,43,56)(H2,44,57)(H,45,47,58)(H,46,48,59);7-8,10-11,16-20,50H,5-6,9,12-15H2,1-4H3,(H2,38,51)(H2,39,52)(H,40,42,53)(H,41,43,54)/b9-8+;8-7+. The smallest absolute Gasteiger partial charge is 0.276 e. The molecule has 0 spiro atoms. The number of hydrogen-bond acceptors (Lipinski definition) is 22. The molecule has 0 atom stereocenters. The monoisotopic (exact) mass is 1600 g/mol. The van der Waals surface area contributed by atoms with E-state index in [0.717, 1.165) is 19.6 Å². The Kier molecular flexibility index (Phi) is 25.8. The van der Waals surface area contributed by atoms with Crippen LogP contribution in [0.5, 0.6) is 17.2 Å². The van der Waals surface area contributed by atoms with Crippen molar-refractivity contribution >= 4 is 115 Å². The van der Waals surface area contributed by atoms with Crippen molar-refractivity contribution in [3.63, 3.8) is 0 Å². The first-order valence-corrected chi connectivity index (χ1v) is 38.1. The molecule has 38 heteroatoms. The number of aliphatic hydroxyl groups excluding tert-OH is 1. The normalized spacial score (nSPS) is 12.5. The van der Waals surface area contributed by atoms with Gasteiger partial charge in [0.2, 0.25) is 47.4 Å². The largest absolute Gasteiger partial charge is 0.494 e. The maximum Gasteiger partial charge on any atom is 0.276 e. The van der Waals surface area contributed by atoms with Gasteiger partial charge in [-0.05, 0) is 141 Å². The van der Waals surface area contributed by atoms with Crippen molar-refractivity contribution < 1.29 is 62.4 Å². The fourth-order valence-electron chi connectivity index (χ4n) is 13.7. The number of rotatable bonds is 34. The van der Waals surface area contributed by atoms with Crippen molar-refractivity contribution in [1.82, 2.24) is 82.2 Å². The van der Waals surface area contributed by atoms with Crippen molar-refractivity contribution in [1.29, 1.82) is 0 Å². The number of nitrogens with one attached hydrogen (secondary N) is 4. The van der Waals surface area contributed by atoms with Gasteiger partial charge < -0.3 is 65.3 Å². The molecule has 13 N–H and O–H groups in total. The number of carbonyl (C=O) groups excluding carboxylic acids is 8. The zero-order valence-corrected chi connectivity index (χ0v) is 66.3. The third-order valence-electron chi connectivity index (χ3n) is 19.2. The Morgan fingerprint density at radius 2 is 0.761 bits per heavy atom. The van der Waals surface area contributed by atoms with Crippen LogP contribution < -0.4 is 58.4 Å². The molecule has 0 bridgehead atoms. The number of carbonyl (C=O) groups is 8. The van der Waals surface area contributed by atoms with Gasteiger partial charge in [0, 0.05) is 107 Å². The number of aromatic nitrogens is 16. The van der Waals surface area contributed by atoms with E-state index in [1.165, 1.54) is 31.4 Å². The maximum absolute atomic E-state index is 13.8. The molecule has 0 unspecified atom stereocenters. The van der Waals surface area contributed by atoms with E-state index in [9.17, 15) is 43.5 Å². The summed E-state index contributed by atoms with van der Waals surface area (Å²) in [7, 11) is 1.47. The van der Waals surface area contributed by atoms with Crippen LogP contribution in [0.4, 0.5) is 23.8 Å². The van der Waals surface area contributed by atoms with Crippen molar-refractivity contribution in [3.05, 3.63) is 171 Å². The van der Waals surface area contributed by atoms with Gasteiger partial charge in [0.15, 0.2) is 0 Å². The van der Waals surface area contributed by atoms with E-state index in [0.29, 0.717) is 160 Å². The molecule has 0 aliphatic carbocycles. The third kappa shape index (κ3) is 18.5. The zero-order valence-electron chi connectivity index (χ0n) is 66.3. The van der Waals surface area contributed by atoms with Crippen LogP contribution in [0.1, 0.15) is 147 Å². The minimum Gasteiger partial charge on any atom is -0.494 e. The summed E-state index contributed by atoms with van der Waals surface area (Å²) < 4.78 is 37.0. The van der Waals surface area contributed by atoms with Gasteiger partial charge in [-0.1, -0.05) is 24.3 Å². The molecule has 4 aromatic carbocycles. The maximum atomic E-state index is 13.8. The molecular weight excluding hydrogens is 1510 g/mol. The highest BCUT2D eigenvalue weighted by atomic mass is 16.5. The number of hydrogen-bond donors (Lipinski definition) is 9. The lowest BCUT2D eigenvalue weighted by molar-refractivity contribution is 0.0358. The fraction of sp³-hybridized carbons (Fsp3) is 0.342. The first-order chi connectivity index (χ1) is 56.3. The Bertz CT molecular complexity index is 5860. The number of amides is 8. The average Bonchev–Trinajstić information content (AvgIpc) is 1.63. The van der Waals surface area contributed by atoms with E-state index in [1.54, 1.807) is 112 Å². The number of imidazole rings is 4. The predicted octanol–water partition coefficient (Wildman–Crippen LogP) is 6.66. The second-order valence-corrected chi connectivity index (χ2v) is 27.4. The number of benzene rings is 4. The summed E-state index contributed by atoms with van der Waals surface area (Å²) in [6.45, 7) is 21.6. The molecule has 612 valence electrons. The number of nitrogens with zero attached hydrogens (tertiary/aromatic N) is 17. The molecule has 13 rings (SSSR count). The summed E-state index contributed by atoms with van der Waals surface area (Å²) in [4.78, 5) is 125. The van der Waals surface area contributed by atoms with Crippen molar-refractivity contribution in [2.45, 2.75) is 121 Å². The molecule has 117 heavy (non-hydrogen) atoms. The third-order valence-corrected chi connectivity index (χ3v) is 19.2. The topological polar surface area (TPSA) is 492 Å². The summed E-state index contributed by atoms with van der Waals surface area (Å²) in [5.41, 5.74) is 31.2. The van der Waals surface area contributed by atoms with Crippen LogP contribution in [-0.4, -0.2) is 194 Å². The zero-order chi connectivity index (χ0) is 83.5. The summed E-state index contributed by atoms with van der Waals surface area (Å²) in [6, 6.07) is 20.9. The van der Waals surface area contributed by atoms with Crippen molar-refractivity contribution in [2.24, 2.45) is 22.9 Å². The SMILES string of the molecule is CCn1nc(C)cc1C(=O)Nc1nc2cc(C(N)=O)cc(OC)c2n1C/C=C/Cn1c(NC(=O)c2cc(C)nn2CC)nc2cc(C(N)=O)cc(OCCCN3CCOCC3)c21.CCn1nc(C)cc1C(=O)Nc1nc2cc(C(N)=O)ccc2n1C/C=C/Cn1c(NC(=O)c2cc(C)nn2CC)nc2cc(C(N)=O)cc(OCCCO)c21. The van der Waals surface area contributed by atoms with E-state index < -0.39 is 47.3 Å². The minimum atomic E-state index is -0.691. The van der Waals surface area contributed by atoms with Gasteiger partial charge in [0.1, 0.15) is 56.6 Å². The van der Waals surface area contributed by atoms with Gasteiger partial charge in [0.05, 0.1) is 83.9 Å². The van der Waals surface area contributed by atoms with Crippen LogP contribution in [0.3, 0.4) is 0 Å². The number of ether oxygens (including phenoxy) is 4. The second kappa shape index (κ2) is 36.5. The lowest BCUT2D eigenvalue weighted by Gasteiger charge is -2.26. The molecule has 0 radical (unpaired) electrons. The molecule has 0 saturated carbocycles. The van der Waals surface area contributed by atoms with Crippen LogP contribution in [-0.2, 0) is 57.1 Å². The Balaban J connectivity index is 0.000000217. The first kappa shape index (κ1) is 82.6. The highest BCUT2D eigenvalue weighted by molar-refractivity contribution is 6.08. The van der Waals surface area contributed by atoms with Crippen LogP contribution >= 0.6 is 0 Å². The lowest BCUT2D eigenvalue weighted by Crippen LogP contribution is -2.37. The number of morpholine rings is 1. The highest BCUT2D eigenvalue weighted by Crippen LogP contribution is 2.36.